The van der Waals surface area contributed by atoms with Crippen LogP contribution in [0.4, 0.5) is 10.1 Å². The number of halogens is 1. The van der Waals surface area contributed by atoms with Crippen LogP contribution in [0.3, 0.4) is 0 Å². The first kappa shape index (κ1) is 14.8. The van der Waals surface area contributed by atoms with Gasteiger partial charge >= 0.3 is 0 Å². The van der Waals surface area contributed by atoms with Crippen molar-refractivity contribution in [2.75, 3.05) is 11.9 Å². The third kappa shape index (κ3) is 4.76. The summed E-state index contributed by atoms with van der Waals surface area (Å²) in [7, 11) is 0. The predicted octanol–water partition coefficient (Wildman–Crippen LogP) is 3.88. The number of carbonyl (C=O) groups is 1. The molecule has 0 radical (unpaired) electrons. The summed E-state index contributed by atoms with van der Waals surface area (Å²) in [5.74, 6) is 0.193. The second-order valence-corrected chi connectivity index (χ2v) is 4.33. The topological polar surface area (TPSA) is 38.3 Å². The van der Waals surface area contributed by atoms with E-state index in [4.69, 9.17) is 4.74 Å². The molecule has 0 saturated carbocycles. The van der Waals surface area contributed by atoms with E-state index >= 15 is 0 Å². The van der Waals surface area contributed by atoms with Crippen LogP contribution in [-0.4, -0.2) is 12.5 Å². The minimum Gasteiger partial charge on any atom is -0.494 e. The first-order valence-electron chi connectivity index (χ1n) is 6.65. The summed E-state index contributed by atoms with van der Waals surface area (Å²) in [6.45, 7) is 2.54. The Bertz CT molecular complexity index is 618. The monoisotopic (exact) mass is 285 g/mol. The first-order chi connectivity index (χ1) is 10.2. The summed E-state index contributed by atoms with van der Waals surface area (Å²) in [6, 6.07) is 13.1. The Morgan fingerprint density at radius 1 is 1.14 bits per heavy atom. The molecule has 1 N–H and O–H groups in total. The van der Waals surface area contributed by atoms with Crippen molar-refractivity contribution < 1.29 is 13.9 Å². The number of ether oxygens (including phenoxy) is 1. The number of hydrogen-bond acceptors (Lipinski definition) is 2. The van der Waals surface area contributed by atoms with Crippen molar-refractivity contribution in [1.82, 2.24) is 0 Å². The van der Waals surface area contributed by atoms with E-state index < -0.39 is 0 Å². The molecule has 2 rings (SSSR count). The van der Waals surface area contributed by atoms with E-state index in [1.807, 2.05) is 31.2 Å². The summed E-state index contributed by atoms with van der Waals surface area (Å²) in [6.07, 6.45) is 3.13. The molecule has 2 aromatic rings. The average molecular weight is 285 g/mol. The molecule has 2 aromatic carbocycles. The number of rotatable bonds is 5. The van der Waals surface area contributed by atoms with Gasteiger partial charge in [0.15, 0.2) is 0 Å². The number of carbonyl (C=O) groups excluding carboxylic acids is 1. The van der Waals surface area contributed by atoms with Gasteiger partial charge in [-0.15, -0.1) is 0 Å². The highest BCUT2D eigenvalue weighted by atomic mass is 19.1. The predicted molar refractivity (Wildman–Crippen MR) is 81.7 cm³/mol. The third-order valence-electron chi connectivity index (χ3n) is 2.73. The molecule has 3 nitrogen and oxygen atoms in total. The van der Waals surface area contributed by atoms with Crippen LogP contribution in [-0.2, 0) is 4.79 Å². The van der Waals surface area contributed by atoms with Crippen molar-refractivity contribution in [3.05, 3.63) is 66.0 Å². The lowest BCUT2D eigenvalue weighted by atomic mass is 10.2. The lowest BCUT2D eigenvalue weighted by Crippen LogP contribution is -2.07. The zero-order valence-corrected chi connectivity index (χ0v) is 11.7. The fourth-order valence-corrected chi connectivity index (χ4v) is 1.73. The highest BCUT2D eigenvalue weighted by molar-refractivity contribution is 6.01. The summed E-state index contributed by atoms with van der Waals surface area (Å²) in [5.41, 5.74) is 1.45. The Kier molecular flexibility index (Phi) is 5.10. The summed E-state index contributed by atoms with van der Waals surface area (Å²) >= 11 is 0. The number of hydrogen-bond donors (Lipinski definition) is 1. The van der Waals surface area contributed by atoms with Crippen LogP contribution in [0.5, 0.6) is 5.75 Å². The molecule has 0 spiro atoms. The maximum absolute atomic E-state index is 12.7. The third-order valence-corrected chi connectivity index (χ3v) is 2.73. The quantitative estimate of drug-likeness (QED) is 0.847. The van der Waals surface area contributed by atoms with E-state index in [1.165, 1.54) is 30.3 Å². The highest BCUT2D eigenvalue weighted by Gasteiger charge is 1.98. The van der Waals surface area contributed by atoms with Crippen LogP contribution in [0.1, 0.15) is 12.5 Å². The molecular formula is C17H16FNO2. The van der Waals surface area contributed by atoms with E-state index in [-0.39, 0.29) is 11.7 Å². The zero-order valence-electron chi connectivity index (χ0n) is 11.7. The first-order valence-corrected chi connectivity index (χ1v) is 6.65. The van der Waals surface area contributed by atoms with Gasteiger partial charge in [-0.2, -0.15) is 0 Å². The fraction of sp³-hybridized carbons (Fsp3) is 0.118. The molecule has 0 saturated heterocycles. The van der Waals surface area contributed by atoms with Crippen LogP contribution in [0.25, 0.3) is 6.08 Å². The van der Waals surface area contributed by atoms with E-state index in [2.05, 4.69) is 5.32 Å². The number of anilines is 1. The highest BCUT2D eigenvalue weighted by Crippen LogP contribution is 2.13. The molecule has 0 aliphatic rings. The molecule has 21 heavy (non-hydrogen) atoms. The molecule has 1 amide bonds. The van der Waals surface area contributed by atoms with Gasteiger partial charge in [0.1, 0.15) is 11.6 Å². The van der Waals surface area contributed by atoms with Crippen molar-refractivity contribution in [1.29, 1.82) is 0 Å². The summed E-state index contributed by atoms with van der Waals surface area (Å²) in [5, 5.41) is 2.65. The molecule has 0 aliphatic heterocycles. The maximum Gasteiger partial charge on any atom is 0.248 e. The SMILES string of the molecule is CCOc1ccc(C=CC(=O)Nc2ccc(F)cc2)cc1. The van der Waals surface area contributed by atoms with E-state index in [0.29, 0.717) is 12.3 Å². The lowest BCUT2D eigenvalue weighted by molar-refractivity contribution is -0.111. The molecule has 0 fully saturated rings. The van der Waals surface area contributed by atoms with Crippen LogP contribution in [0.15, 0.2) is 54.6 Å². The molecule has 108 valence electrons. The van der Waals surface area contributed by atoms with Crippen LogP contribution >= 0.6 is 0 Å². The van der Waals surface area contributed by atoms with Gasteiger partial charge in [0.2, 0.25) is 5.91 Å². The molecule has 0 heterocycles. The Labute approximate surface area is 123 Å². The van der Waals surface area contributed by atoms with Crippen molar-refractivity contribution in [3.8, 4) is 5.75 Å². The van der Waals surface area contributed by atoms with Gasteiger partial charge in [-0.1, -0.05) is 12.1 Å². The van der Waals surface area contributed by atoms with E-state index in [9.17, 15) is 9.18 Å². The summed E-state index contributed by atoms with van der Waals surface area (Å²) < 4.78 is 18.1. The van der Waals surface area contributed by atoms with E-state index in [0.717, 1.165) is 11.3 Å². The molecular weight excluding hydrogens is 269 g/mol. The van der Waals surface area contributed by atoms with Crippen molar-refractivity contribution in [2.45, 2.75) is 6.92 Å². The van der Waals surface area contributed by atoms with Gasteiger partial charge in [0.25, 0.3) is 0 Å². The number of benzene rings is 2. The molecule has 0 aromatic heterocycles. The average Bonchev–Trinajstić information content (AvgIpc) is 2.49. The Morgan fingerprint density at radius 3 is 2.43 bits per heavy atom. The Hall–Kier alpha value is -2.62. The van der Waals surface area contributed by atoms with Crippen LogP contribution in [0.2, 0.25) is 0 Å². The van der Waals surface area contributed by atoms with Crippen molar-refractivity contribution in [2.24, 2.45) is 0 Å². The van der Waals surface area contributed by atoms with Crippen molar-refractivity contribution in [3.63, 3.8) is 0 Å². The minimum atomic E-state index is -0.335. The number of amides is 1. The molecule has 0 atom stereocenters. The Morgan fingerprint density at radius 2 is 1.81 bits per heavy atom. The standard InChI is InChI=1S/C17H16FNO2/c1-2-21-16-10-3-13(4-11-16)5-12-17(20)19-15-8-6-14(18)7-9-15/h3-12H,2H2,1H3,(H,19,20). The van der Waals surface area contributed by atoms with Gasteiger partial charge in [-0.25, -0.2) is 4.39 Å². The van der Waals surface area contributed by atoms with Gasteiger partial charge < -0.3 is 10.1 Å². The van der Waals surface area contributed by atoms with Gasteiger partial charge in [0, 0.05) is 11.8 Å². The van der Waals surface area contributed by atoms with Crippen LogP contribution in [0, 0.1) is 5.82 Å². The smallest absolute Gasteiger partial charge is 0.248 e. The Balaban J connectivity index is 1.93. The van der Waals surface area contributed by atoms with Gasteiger partial charge in [-0.05, 0) is 55.0 Å². The lowest BCUT2D eigenvalue weighted by Gasteiger charge is -2.03. The summed E-state index contributed by atoms with van der Waals surface area (Å²) in [4.78, 5) is 11.7. The molecule has 0 bridgehead atoms. The zero-order chi connectivity index (χ0) is 15.1. The molecule has 0 aliphatic carbocycles. The number of nitrogens with one attached hydrogen (secondary N) is 1. The second kappa shape index (κ2) is 7.24. The molecule has 0 unspecified atom stereocenters. The van der Waals surface area contributed by atoms with E-state index in [1.54, 1.807) is 6.08 Å². The minimum absolute atomic E-state index is 0.268. The second-order valence-electron chi connectivity index (χ2n) is 4.33. The van der Waals surface area contributed by atoms with Gasteiger partial charge in [0.05, 0.1) is 6.61 Å². The van der Waals surface area contributed by atoms with Gasteiger partial charge in [-0.3, -0.25) is 4.79 Å². The van der Waals surface area contributed by atoms with Crippen LogP contribution < -0.4 is 10.1 Å². The largest absolute Gasteiger partial charge is 0.494 e. The molecule has 4 heteroatoms. The maximum atomic E-state index is 12.7. The fourth-order valence-electron chi connectivity index (χ4n) is 1.73. The normalized spacial score (nSPS) is 10.6. The van der Waals surface area contributed by atoms with Crippen molar-refractivity contribution >= 4 is 17.7 Å².